The van der Waals surface area contributed by atoms with E-state index in [1.165, 1.54) is 12.1 Å². The van der Waals surface area contributed by atoms with Crippen molar-refractivity contribution in [1.82, 2.24) is 4.90 Å². The first-order chi connectivity index (χ1) is 11.1. The third kappa shape index (κ3) is 3.09. The van der Waals surface area contributed by atoms with Crippen molar-refractivity contribution < 1.29 is 18.9 Å². The minimum absolute atomic E-state index is 0.0161. The number of rotatable bonds is 3. The van der Waals surface area contributed by atoms with Gasteiger partial charge in [-0.3, -0.25) is 14.9 Å². The van der Waals surface area contributed by atoms with Crippen LogP contribution >= 0.6 is 0 Å². The van der Waals surface area contributed by atoms with Gasteiger partial charge >= 0.3 is 0 Å². The SMILES string of the molecule is Cc1oc(-c2cccc([N+](=O)[O-])c2)cc1C(=O)N1CCOCC1. The van der Waals surface area contributed by atoms with Crippen LogP contribution in [0.1, 0.15) is 16.1 Å². The number of carbonyl (C=O) groups excluding carboxylic acids is 1. The third-order valence-electron chi connectivity index (χ3n) is 3.79. The van der Waals surface area contributed by atoms with E-state index in [9.17, 15) is 14.9 Å². The number of benzene rings is 1. The lowest BCUT2D eigenvalue weighted by Crippen LogP contribution is -2.40. The van der Waals surface area contributed by atoms with Gasteiger partial charge in [0.25, 0.3) is 11.6 Å². The van der Waals surface area contributed by atoms with Gasteiger partial charge in [-0.25, -0.2) is 0 Å². The summed E-state index contributed by atoms with van der Waals surface area (Å²) in [6.07, 6.45) is 0. The van der Waals surface area contributed by atoms with Crippen molar-refractivity contribution in [2.45, 2.75) is 6.92 Å². The van der Waals surface area contributed by atoms with Gasteiger partial charge in [-0.15, -0.1) is 0 Å². The number of furan rings is 1. The van der Waals surface area contributed by atoms with Crippen LogP contribution in [0.25, 0.3) is 11.3 Å². The molecule has 1 saturated heterocycles. The van der Waals surface area contributed by atoms with Gasteiger partial charge in [0.15, 0.2) is 0 Å². The molecule has 2 heterocycles. The van der Waals surface area contributed by atoms with E-state index in [0.29, 0.717) is 49.0 Å². The van der Waals surface area contributed by atoms with Crippen LogP contribution in [0.4, 0.5) is 5.69 Å². The summed E-state index contributed by atoms with van der Waals surface area (Å²) in [6, 6.07) is 7.80. The lowest BCUT2D eigenvalue weighted by molar-refractivity contribution is -0.384. The molecular weight excluding hydrogens is 300 g/mol. The number of nitrogens with zero attached hydrogens (tertiary/aromatic N) is 2. The Kier molecular flexibility index (Phi) is 4.12. The van der Waals surface area contributed by atoms with Gasteiger partial charge in [-0.05, 0) is 13.0 Å². The monoisotopic (exact) mass is 316 g/mol. The smallest absolute Gasteiger partial charge is 0.270 e. The van der Waals surface area contributed by atoms with Gasteiger partial charge in [-0.2, -0.15) is 0 Å². The molecule has 1 fully saturated rings. The van der Waals surface area contributed by atoms with Crippen LogP contribution in [0.15, 0.2) is 34.7 Å². The lowest BCUT2D eigenvalue weighted by atomic mass is 10.1. The topological polar surface area (TPSA) is 85.8 Å². The van der Waals surface area contributed by atoms with Crippen LogP contribution in [0, 0.1) is 17.0 Å². The number of aryl methyl sites for hydroxylation is 1. The normalized spacial score (nSPS) is 14.7. The second-order valence-corrected chi connectivity index (χ2v) is 5.29. The van der Waals surface area contributed by atoms with E-state index in [0.717, 1.165) is 0 Å². The van der Waals surface area contributed by atoms with Crippen LogP contribution in [0.2, 0.25) is 0 Å². The van der Waals surface area contributed by atoms with Crippen LogP contribution in [0.3, 0.4) is 0 Å². The predicted molar refractivity (Wildman–Crippen MR) is 82.3 cm³/mol. The quantitative estimate of drug-likeness (QED) is 0.642. The highest BCUT2D eigenvalue weighted by molar-refractivity contribution is 5.96. The highest BCUT2D eigenvalue weighted by Crippen LogP contribution is 2.28. The molecule has 7 heteroatoms. The van der Waals surface area contributed by atoms with E-state index in [4.69, 9.17) is 9.15 Å². The van der Waals surface area contributed by atoms with Gasteiger partial charge in [-0.1, -0.05) is 12.1 Å². The zero-order chi connectivity index (χ0) is 16.4. The summed E-state index contributed by atoms with van der Waals surface area (Å²) in [7, 11) is 0. The van der Waals surface area contributed by atoms with Crippen molar-refractivity contribution >= 4 is 11.6 Å². The Morgan fingerprint density at radius 3 is 2.70 bits per heavy atom. The van der Waals surface area contributed by atoms with Crippen LogP contribution in [-0.2, 0) is 4.74 Å². The molecule has 0 aliphatic carbocycles. The molecule has 0 radical (unpaired) electrons. The van der Waals surface area contributed by atoms with Crippen LogP contribution in [0.5, 0.6) is 0 Å². The molecule has 7 nitrogen and oxygen atoms in total. The molecule has 3 rings (SSSR count). The number of amides is 1. The van der Waals surface area contributed by atoms with Gasteiger partial charge in [0.1, 0.15) is 11.5 Å². The number of carbonyl (C=O) groups is 1. The molecule has 0 saturated carbocycles. The summed E-state index contributed by atoms with van der Waals surface area (Å²) >= 11 is 0. The van der Waals surface area contributed by atoms with Crippen molar-refractivity contribution in [3.63, 3.8) is 0 Å². The molecule has 1 amide bonds. The van der Waals surface area contributed by atoms with Crippen LogP contribution < -0.4 is 0 Å². The molecule has 1 aliphatic heterocycles. The lowest BCUT2D eigenvalue weighted by Gasteiger charge is -2.26. The first-order valence-electron chi connectivity index (χ1n) is 7.28. The summed E-state index contributed by atoms with van der Waals surface area (Å²) in [5.41, 5.74) is 1.04. The van der Waals surface area contributed by atoms with Gasteiger partial charge in [0, 0.05) is 30.8 Å². The molecule has 1 aromatic carbocycles. The van der Waals surface area contributed by atoms with Gasteiger partial charge in [0.2, 0.25) is 0 Å². The molecule has 120 valence electrons. The molecule has 1 aromatic heterocycles. The standard InChI is InChI=1S/C16H16N2O5/c1-11-14(16(19)17-5-7-22-8-6-17)10-15(23-11)12-3-2-4-13(9-12)18(20)21/h2-4,9-10H,5-8H2,1H3. The maximum absolute atomic E-state index is 12.5. The highest BCUT2D eigenvalue weighted by Gasteiger charge is 2.23. The third-order valence-corrected chi connectivity index (χ3v) is 3.79. The Morgan fingerprint density at radius 2 is 2.00 bits per heavy atom. The average Bonchev–Trinajstić information content (AvgIpc) is 2.97. The van der Waals surface area contributed by atoms with Crippen molar-refractivity contribution in [1.29, 1.82) is 0 Å². The summed E-state index contributed by atoms with van der Waals surface area (Å²) in [6.45, 7) is 3.88. The Morgan fingerprint density at radius 1 is 1.26 bits per heavy atom. The average molecular weight is 316 g/mol. The zero-order valence-electron chi connectivity index (χ0n) is 12.7. The van der Waals surface area contributed by atoms with Crippen molar-refractivity contribution in [3.8, 4) is 11.3 Å². The van der Waals surface area contributed by atoms with E-state index in [-0.39, 0.29) is 11.6 Å². The molecule has 1 aliphatic rings. The molecule has 0 spiro atoms. The first kappa shape index (κ1) is 15.2. The molecule has 0 N–H and O–H groups in total. The van der Waals surface area contributed by atoms with Crippen molar-refractivity contribution in [2.75, 3.05) is 26.3 Å². The molecule has 0 bridgehead atoms. The van der Waals surface area contributed by atoms with E-state index in [2.05, 4.69) is 0 Å². The summed E-state index contributed by atoms with van der Waals surface area (Å²) in [5, 5.41) is 10.9. The minimum Gasteiger partial charge on any atom is -0.461 e. The Labute approximate surface area is 132 Å². The summed E-state index contributed by atoms with van der Waals surface area (Å²) in [4.78, 5) is 24.7. The minimum atomic E-state index is -0.459. The number of nitro groups is 1. The second kappa shape index (κ2) is 6.21. The number of hydrogen-bond donors (Lipinski definition) is 0. The predicted octanol–water partition coefficient (Wildman–Crippen LogP) is 2.64. The molecular formula is C16H16N2O5. The number of hydrogen-bond acceptors (Lipinski definition) is 5. The largest absolute Gasteiger partial charge is 0.461 e. The molecule has 2 aromatic rings. The Bertz CT molecular complexity index is 747. The maximum Gasteiger partial charge on any atom is 0.270 e. The number of non-ortho nitro benzene ring substituents is 1. The fourth-order valence-electron chi connectivity index (χ4n) is 2.55. The number of nitro benzene ring substituents is 1. The van der Waals surface area contributed by atoms with Gasteiger partial charge < -0.3 is 14.1 Å². The molecule has 0 unspecified atom stereocenters. The Hall–Kier alpha value is -2.67. The van der Waals surface area contributed by atoms with E-state index in [1.54, 1.807) is 30.0 Å². The van der Waals surface area contributed by atoms with Crippen molar-refractivity contribution in [2.24, 2.45) is 0 Å². The fraction of sp³-hybridized carbons (Fsp3) is 0.312. The van der Waals surface area contributed by atoms with E-state index in [1.807, 2.05) is 0 Å². The highest BCUT2D eigenvalue weighted by atomic mass is 16.6. The fourth-order valence-corrected chi connectivity index (χ4v) is 2.55. The van der Waals surface area contributed by atoms with Gasteiger partial charge in [0.05, 0.1) is 23.7 Å². The second-order valence-electron chi connectivity index (χ2n) is 5.29. The summed E-state index contributed by atoms with van der Waals surface area (Å²) in [5.74, 6) is 0.844. The summed E-state index contributed by atoms with van der Waals surface area (Å²) < 4.78 is 10.9. The zero-order valence-corrected chi connectivity index (χ0v) is 12.7. The maximum atomic E-state index is 12.5. The van der Waals surface area contributed by atoms with Crippen LogP contribution in [-0.4, -0.2) is 42.0 Å². The van der Waals surface area contributed by atoms with E-state index < -0.39 is 4.92 Å². The van der Waals surface area contributed by atoms with E-state index >= 15 is 0 Å². The number of morpholine rings is 1. The molecule has 0 atom stereocenters. The first-order valence-corrected chi connectivity index (χ1v) is 7.28. The molecule has 23 heavy (non-hydrogen) atoms. The Balaban J connectivity index is 1.90. The number of ether oxygens (including phenoxy) is 1. The van der Waals surface area contributed by atoms with Crippen molar-refractivity contribution in [3.05, 3.63) is 51.8 Å².